The van der Waals surface area contributed by atoms with E-state index in [-0.39, 0.29) is 5.97 Å². The summed E-state index contributed by atoms with van der Waals surface area (Å²) in [5, 5.41) is 6.49. The van der Waals surface area contributed by atoms with Gasteiger partial charge in [-0.1, -0.05) is 25.7 Å². The van der Waals surface area contributed by atoms with Crippen LogP contribution in [0.3, 0.4) is 0 Å². The van der Waals surface area contributed by atoms with Crippen molar-refractivity contribution in [2.45, 2.75) is 102 Å². The number of hydrogen-bond donors (Lipinski definition) is 0. The van der Waals surface area contributed by atoms with Gasteiger partial charge in [-0.25, -0.2) is 14.5 Å². The van der Waals surface area contributed by atoms with E-state index in [2.05, 4.69) is 33.2 Å². The minimum atomic E-state index is -0.354. The normalized spacial score (nSPS) is 23.3. The van der Waals surface area contributed by atoms with Gasteiger partial charge in [-0.3, -0.25) is 9.80 Å². The van der Waals surface area contributed by atoms with E-state index in [1.54, 1.807) is 0 Å². The fourth-order valence-electron chi connectivity index (χ4n) is 7.24. The predicted molar refractivity (Wildman–Crippen MR) is 151 cm³/mol. The summed E-state index contributed by atoms with van der Waals surface area (Å²) in [6, 6.07) is 3.67. The fraction of sp³-hybridized carbons (Fsp3) is 0.767. The third-order valence-corrected chi connectivity index (χ3v) is 9.88. The van der Waals surface area contributed by atoms with E-state index in [1.807, 2.05) is 6.07 Å². The van der Waals surface area contributed by atoms with Crippen molar-refractivity contribution in [1.29, 1.82) is 0 Å². The smallest absolute Gasteiger partial charge is 0.356 e. The number of pyridine rings is 1. The molecule has 6 rings (SSSR count). The summed E-state index contributed by atoms with van der Waals surface area (Å²) in [7, 11) is 1.45. The number of fused-ring (bicyclic) bond motifs is 1. The molecule has 0 bridgehead atoms. The minimum absolute atomic E-state index is 0.354. The number of esters is 1. The standard InChI is InChI=1S/C30H46N6O2/c1-21(2)33-16-18-34(19-17-33)23-12-14-35(15-13-23)26-20-25(30(37)38-3)31-29-27(26)28(22-8-7-9-22)32-36(29)24-10-5-4-6-11-24/h20-24H,4-19H2,1-3H3. The maximum absolute atomic E-state index is 12.8. The van der Waals surface area contributed by atoms with Crippen LogP contribution in [0.2, 0.25) is 0 Å². The average Bonchev–Trinajstić information content (AvgIpc) is 3.30. The van der Waals surface area contributed by atoms with Crippen molar-refractivity contribution in [3.8, 4) is 0 Å². The first kappa shape index (κ1) is 26.1. The van der Waals surface area contributed by atoms with E-state index >= 15 is 0 Å². The highest BCUT2D eigenvalue weighted by atomic mass is 16.5. The lowest BCUT2D eigenvalue weighted by atomic mass is 9.82. The van der Waals surface area contributed by atoms with Gasteiger partial charge in [0.15, 0.2) is 11.3 Å². The van der Waals surface area contributed by atoms with Gasteiger partial charge in [0.25, 0.3) is 0 Å². The van der Waals surface area contributed by atoms with Crippen LogP contribution >= 0.6 is 0 Å². The highest BCUT2D eigenvalue weighted by Gasteiger charge is 2.34. The number of rotatable bonds is 6. The summed E-state index contributed by atoms with van der Waals surface area (Å²) in [6.07, 6.45) is 12.1. The van der Waals surface area contributed by atoms with Gasteiger partial charge in [0.2, 0.25) is 0 Å². The molecule has 2 aliphatic carbocycles. The Morgan fingerprint density at radius 3 is 2.21 bits per heavy atom. The largest absolute Gasteiger partial charge is 0.464 e. The third kappa shape index (κ3) is 4.94. The van der Waals surface area contributed by atoms with Crippen molar-refractivity contribution in [3.05, 3.63) is 17.5 Å². The Morgan fingerprint density at radius 2 is 1.61 bits per heavy atom. The van der Waals surface area contributed by atoms with E-state index in [0.29, 0.717) is 29.7 Å². The highest BCUT2D eigenvalue weighted by molar-refractivity contribution is 5.98. The number of aromatic nitrogens is 3. The second-order valence-electron chi connectivity index (χ2n) is 12.4. The molecule has 8 heteroatoms. The van der Waals surface area contributed by atoms with Crippen LogP contribution in [0.15, 0.2) is 6.07 Å². The summed E-state index contributed by atoms with van der Waals surface area (Å²) in [5.74, 6) is 0.161. The lowest BCUT2D eigenvalue weighted by molar-refractivity contribution is 0.0594. The third-order valence-electron chi connectivity index (χ3n) is 9.88. The summed E-state index contributed by atoms with van der Waals surface area (Å²) >= 11 is 0. The summed E-state index contributed by atoms with van der Waals surface area (Å²) < 4.78 is 7.37. The van der Waals surface area contributed by atoms with Crippen molar-refractivity contribution in [2.24, 2.45) is 0 Å². The van der Waals surface area contributed by atoms with E-state index < -0.39 is 0 Å². The van der Waals surface area contributed by atoms with E-state index in [1.165, 1.54) is 82.9 Å². The lowest BCUT2D eigenvalue weighted by Crippen LogP contribution is -2.54. The molecule has 2 aliphatic heterocycles. The minimum Gasteiger partial charge on any atom is -0.464 e. The van der Waals surface area contributed by atoms with Crippen LogP contribution in [-0.2, 0) is 4.74 Å². The van der Waals surface area contributed by atoms with E-state index in [9.17, 15) is 4.79 Å². The molecule has 4 fully saturated rings. The molecule has 2 saturated carbocycles. The molecule has 0 amide bonds. The molecule has 0 aromatic carbocycles. The molecule has 0 N–H and O–H groups in total. The van der Waals surface area contributed by atoms with Crippen LogP contribution in [-0.4, -0.2) is 89.0 Å². The number of carbonyl (C=O) groups excluding carboxylic acids is 1. The van der Waals surface area contributed by atoms with Crippen LogP contribution in [0.1, 0.15) is 106 Å². The first-order valence-electron chi connectivity index (χ1n) is 15.3. The monoisotopic (exact) mass is 522 g/mol. The quantitative estimate of drug-likeness (QED) is 0.496. The average molecular weight is 523 g/mol. The zero-order valence-electron chi connectivity index (χ0n) is 23.7. The Kier molecular flexibility index (Phi) is 7.63. The van der Waals surface area contributed by atoms with E-state index in [4.69, 9.17) is 14.8 Å². The Hall–Kier alpha value is -2.19. The van der Waals surface area contributed by atoms with Gasteiger partial charge in [-0.05, 0) is 58.4 Å². The zero-order valence-corrected chi connectivity index (χ0v) is 23.7. The van der Waals surface area contributed by atoms with Gasteiger partial charge in [0.05, 0.1) is 29.9 Å². The highest BCUT2D eigenvalue weighted by Crippen LogP contribution is 2.44. The summed E-state index contributed by atoms with van der Waals surface area (Å²) in [4.78, 5) is 25.5. The Morgan fingerprint density at radius 1 is 0.895 bits per heavy atom. The number of methoxy groups -OCH3 is 1. The Labute approximate surface area is 227 Å². The number of nitrogens with zero attached hydrogens (tertiary/aromatic N) is 6. The Balaban J connectivity index is 1.31. The topological polar surface area (TPSA) is 66.7 Å². The zero-order chi connectivity index (χ0) is 26.2. The number of ether oxygens (including phenoxy) is 1. The van der Waals surface area contributed by atoms with Gasteiger partial charge >= 0.3 is 5.97 Å². The second kappa shape index (κ2) is 11.1. The molecular weight excluding hydrogens is 476 g/mol. The number of piperazine rings is 1. The first-order chi connectivity index (χ1) is 18.5. The SMILES string of the molecule is COC(=O)c1cc(N2CCC(N3CCN(C(C)C)CC3)CC2)c2c(C3CCC3)nn(C3CCCCC3)c2n1. The lowest BCUT2D eigenvalue weighted by Gasteiger charge is -2.44. The Bertz CT molecular complexity index is 1120. The molecule has 0 spiro atoms. The predicted octanol–water partition coefficient (Wildman–Crippen LogP) is 4.99. The molecule has 2 aromatic rings. The molecule has 208 valence electrons. The number of anilines is 1. The fourth-order valence-corrected chi connectivity index (χ4v) is 7.24. The number of hydrogen-bond acceptors (Lipinski definition) is 7. The second-order valence-corrected chi connectivity index (χ2v) is 12.4. The van der Waals surface area contributed by atoms with Gasteiger partial charge in [-0.15, -0.1) is 0 Å². The molecule has 0 radical (unpaired) electrons. The molecular formula is C30H46N6O2. The number of piperidine rings is 1. The molecule has 2 aromatic heterocycles. The number of carbonyl (C=O) groups is 1. The molecule has 0 unspecified atom stereocenters. The van der Waals surface area contributed by atoms with E-state index in [0.717, 1.165) is 50.1 Å². The van der Waals surface area contributed by atoms with Gasteiger partial charge < -0.3 is 9.64 Å². The molecule has 4 aliphatic rings. The first-order valence-corrected chi connectivity index (χ1v) is 15.3. The molecule has 38 heavy (non-hydrogen) atoms. The van der Waals surface area contributed by atoms with Gasteiger partial charge in [0.1, 0.15) is 0 Å². The summed E-state index contributed by atoms with van der Waals surface area (Å²) in [6.45, 7) is 11.3. The molecule has 8 nitrogen and oxygen atoms in total. The van der Waals surface area contributed by atoms with Gasteiger partial charge in [-0.2, -0.15) is 5.10 Å². The van der Waals surface area contributed by atoms with Crippen molar-refractivity contribution >= 4 is 22.7 Å². The van der Waals surface area contributed by atoms with Crippen molar-refractivity contribution in [3.63, 3.8) is 0 Å². The van der Waals surface area contributed by atoms with Crippen LogP contribution in [0.5, 0.6) is 0 Å². The summed E-state index contributed by atoms with van der Waals surface area (Å²) in [5.41, 5.74) is 3.70. The van der Waals surface area contributed by atoms with Crippen LogP contribution < -0.4 is 4.90 Å². The van der Waals surface area contributed by atoms with Crippen molar-refractivity contribution in [1.82, 2.24) is 24.6 Å². The molecule has 2 saturated heterocycles. The van der Waals surface area contributed by atoms with Crippen LogP contribution in [0, 0.1) is 0 Å². The van der Waals surface area contributed by atoms with Crippen LogP contribution in [0.4, 0.5) is 5.69 Å². The van der Waals surface area contributed by atoms with Gasteiger partial charge in [0, 0.05) is 57.3 Å². The maximum atomic E-state index is 12.8. The molecule has 0 atom stereocenters. The van der Waals surface area contributed by atoms with Crippen molar-refractivity contribution < 1.29 is 9.53 Å². The van der Waals surface area contributed by atoms with Crippen molar-refractivity contribution in [2.75, 3.05) is 51.3 Å². The molecule has 4 heterocycles. The maximum Gasteiger partial charge on any atom is 0.356 e. The van der Waals surface area contributed by atoms with Crippen LogP contribution in [0.25, 0.3) is 11.0 Å².